The van der Waals surface area contributed by atoms with Crippen LogP contribution >= 0.6 is 0 Å². The van der Waals surface area contributed by atoms with Crippen LogP contribution in [0.15, 0.2) is 0 Å². The van der Waals surface area contributed by atoms with Crippen molar-refractivity contribution in [3.05, 3.63) is 0 Å². The van der Waals surface area contributed by atoms with Crippen LogP contribution in [-0.4, -0.2) is 23.8 Å². The van der Waals surface area contributed by atoms with Crippen molar-refractivity contribution in [1.82, 2.24) is 0 Å². The summed E-state index contributed by atoms with van der Waals surface area (Å²) in [5, 5.41) is 9.76. The second-order valence-electron chi connectivity index (χ2n) is 4.18. The smallest absolute Gasteiger partial charge is 0.308 e. The standard InChI is InChI=1S/C10H20O3/c1-8(2)5-6-10(3,12)7-9(11)13-4/h8,12H,5-7H2,1-4H3. The molecule has 0 radical (unpaired) electrons. The Kier molecular flexibility index (Phi) is 4.99. The summed E-state index contributed by atoms with van der Waals surface area (Å²) >= 11 is 0. The Balaban J connectivity index is 3.86. The van der Waals surface area contributed by atoms with Gasteiger partial charge in [-0.25, -0.2) is 0 Å². The summed E-state index contributed by atoms with van der Waals surface area (Å²) in [7, 11) is 1.33. The lowest BCUT2D eigenvalue weighted by atomic mass is 9.92. The van der Waals surface area contributed by atoms with Gasteiger partial charge < -0.3 is 9.84 Å². The monoisotopic (exact) mass is 188 g/mol. The summed E-state index contributed by atoms with van der Waals surface area (Å²) in [4.78, 5) is 10.9. The first-order valence-corrected chi connectivity index (χ1v) is 4.66. The minimum absolute atomic E-state index is 0.0796. The van der Waals surface area contributed by atoms with E-state index in [2.05, 4.69) is 18.6 Å². The van der Waals surface area contributed by atoms with Gasteiger partial charge in [-0.3, -0.25) is 4.79 Å². The van der Waals surface area contributed by atoms with Crippen molar-refractivity contribution in [3.63, 3.8) is 0 Å². The number of aliphatic hydroxyl groups is 1. The van der Waals surface area contributed by atoms with Gasteiger partial charge in [0.25, 0.3) is 0 Å². The normalized spacial score (nSPS) is 15.5. The molecule has 0 aromatic heterocycles. The highest BCUT2D eigenvalue weighted by Gasteiger charge is 2.24. The third-order valence-electron chi connectivity index (χ3n) is 2.01. The molecule has 3 nitrogen and oxygen atoms in total. The molecule has 0 spiro atoms. The van der Waals surface area contributed by atoms with Gasteiger partial charge in [0.1, 0.15) is 0 Å². The van der Waals surface area contributed by atoms with Crippen molar-refractivity contribution < 1.29 is 14.6 Å². The summed E-state index contributed by atoms with van der Waals surface area (Å²) < 4.78 is 4.49. The molecular weight excluding hydrogens is 168 g/mol. The number of rotatable bonds is 5. The van der Waals surface area contributed by atoms with Gasteiger partial charge in [-0.2, -0.15) is 0 Å². The number of carbonyl (C=O) groups excluding carboxylic acids is 1. The van der Waals surface area contributed by atoms with Crippen LogP contribution in [0.2, 0.25) is 0 Å². The molecule has 3 heteroatoms. The van der Waals surface area contributed by atoms with Gasteiger partial charge >= 0.3 is 5.97 Å². The molecule has 0 fully saturated rings. The van der Waals surface area contributed by atoms with Crippen molar-refractivity contribution in [2.45, 2.75) is 45.6 Å². The maximum absolute atomic E-state index is 10.9. The molecule has 0 aliphatic rings. The minimum atomic E-state index is -0.919. The van der Waals surface area contributed by atoms with Gasteiger partial charge in [-0.1, -0.05) is 13.8 Å². The first-order valence-electron chi connectivity index (χ1n) is 4.66. The maximum atomic E-state index is 10.9. The van der Waals surface area contributed by atoms with Crippen LogP contribution in [0.25, 0.3) is 0 Å². The summed E-state index contributed by atoms with van der Waals surface area (Å²) in [5.41, 5.74) is -0.919. The zero-order valence-corrected chi connectivity index (χ0v) is 8.96. The van der Waals surface area contributed by atoms with Crippen molar-refractivity contribution in [2.75, 3.05) is 7.11 Å². The SMILES string of the molecule is COC(=O)CC(C)(O)CCC(C)C. The fraction of sp³-hybridized carbons (Fsp3) is 0.900. The average molecular weight is 188 g/mol. The largest absolute Gasteiger partial charge is 0.469 e. The summed E-state index contributed by atoms with van der Waals surface area (Å²) in [5.74, 6) is 0.192. The molecule has 0 bridgehead atoms. The molecule has 0 aromatic carbocycles. The minimum Gasteiger partial charge on any atom is -0.469 e. The molecule has 78 valence electrons. The molecule has 0 aliphatic carbocycles. The van der Waals surface area contributed by atoms with E-state index in [1.807, 2.05) is 0 Å². The molecule has 0 aromatic rings. The van der Waals surface area contributed by atoms with Crippen LogP contribution in [-0.2, 0) is 9.53 Å². The lowest BCUT2D eigenvalue weighted by Crippen LogP contribution is -2.28. The second kappa shape index (κ2) is 5.22. The fourth-order valence-corrected chi connectivity index (χ4v) is 1.07. The van der Waals surface area contributed by atoms with Crippen LogP contribution in [0.5, 0.6) is 0 Å². The lowest BCUT2D eigenvalue weighted by Gasteiger charge is -2.22. The fourth-order valence-electron chi connectivity index (χ4n) is 1.07. The molecular formula is C10H20O3. The van der Waals surface area contributed by atoms with E-state index in [0.29, 0.717) is 12.3 Å². The third-order valence-corrected chi connectivity index (χ3v) is 2.01. The number of esters is 1. The Morgan fingerprint density at radius 3 is 2.46 bits per heavy atom. The van der Waals surface area contributed by atoms with E-state index in [4.69, 9.17) is 0 Å². The van der Waals surface area contributed by atoms with Gasteiger partial charge in [0.05, 0.1) is 19.1 Å². The molecule has 1 atom stereocenters. The first kappa shape index (κ1) is 12.4. The molecule has 0 rings (SSSR count). The Bertz CT molecular complexity index is 162. The van der Waals surface area contributed by atoms with Gasteiger partial charge in [0, 0.05) is 0 Å². The number of hydrogen-bond acceptors (Lipinski definition) is 3. The Morgan fingerprint density at radius 1 is 1.54 bits per heavy atom. The Hall–Kier alpha value is -0.570. The Morgan fingerprint density at radius 2 is 2.08 bits per heavy atom. The molecule has 0 amide bonds. The molecule has 1 unspecified atom stereocenters. The predicted molar refractivity (Wildman–Crippen MR) is 51.3 cm³/mol. The zero-order valence-electron chi connectivity index (χ0n) is 8.96. The quantitative estimate of drug-likeness (QED) is 0.668. The number of carbonyl (C=O) groups is 1. The van der Waals surface area contributed by atoms with Crippen molar-refractivity contribution in [3.8, 4) is 0 Å². The number of methoxy groups -OCH3 is 1. The van der Waals surface area contributed by atoms with E-state index in [9.17, 15) is 9.90 Å². The zero-order chi connectivity index (χ0) is 10.5. The summed E-state index contributed by atoms with van der Waals surface area (Å²) in [6, 6.07) is 0. The van der Waals surface area contributed by atoms with Crippen LogP contribution in [0.1, 0.15) is 40.0 Å². The maximum Gasteiger partial charge on any atom is 0.308 e. The molecule has 13 heavy (non-hydrogen) atoms. The lowest BCUT2D eigenvalue weighted by molar-refractivity contribution is -0.145. The van der Waals surface area contributed by atoms with Crippen LogP contribution in [0.3, 0.4) is 0 Å². The molecule has 0 saturated heterocycles. The Labute approximate surface area is 80.1 Å². The second-order valence-corrected chi connectivity index (χ2v) is 4.18. The third kappa shape index (κ3) is 6.58. The van der Waals surface area contributed by atoms with Crippen LogP contribution in [0, 0.1) is 5.92 Å². The van der Waals surface area contributed by atoms with Crippen molar-refractivity contribution in [2.24, 2.45) is 5.92 Å². The summed E-state index contributed by atoms with van der Waals surface area (Å²) in [6.07, 6.45) is 1.64. The van der Waals surface area contributed by atoms with Crippen molar-refractivity contribution in [1.29, 1.82) is 0 Å². The number of hydrogen-bond donors (Lipinski definition) is 1. The molecule has 1 N–H and O–H groups in total. The predicted octanol–water partition coefficient (Wildman–Crippen LogP) is 1.74. The molecule has 0 aliphatic heterocycles. The highest BCUT2D eigenvalue weighted by Crippen LogP contribution is 2.20. The highest BCUT2D eigenvalue weighted by molar-refractivity contribution is 5.70. The molecule has 0 heterocycles. The van der Waals surface area contributed by atoms with Crippen LogP contribution in [0.4, 0.5) is 0 Å². The average Bonchev–Trinajstić information content (AvgIpc) is 2.00. The summed E-state index contributed by atoms with van der Waals surface area (Å²) in [6.45, 7) is 5.86. The van der Waals surface area contributed by atoms with E-state index in [0.717, 1.165) is 6.42 Å². The molecule has 0 saturated carbocycles. The topological polar surface area (TPSA) is 46.5 Å². The van der Waals surface area contributed by atoms with E-state index in [1.54, 1.807) is 6.92 Å². The van der Waals surface area contributed by atoms with E-state index in [-0.39, 0.29) is 12.4 Å². The highest BCUT2D eigenvalue weighted by atomic mass is 16.5. The number of ether oxygens (including phenoxy) is 1. The van der Waals surface area contributed by atoms with E-state index in [1.165, 1.54) is 7.11 Å². The van der Waals surface area contributed by atoms with E-state index < -0.39 is 5.60 Å². The first-order chi connectivity index (χ1) is 5.87. The van der Waals surface area contributed by atoms with Crippen molar-refractivity contribution >= 4 is 5.97 Å². The van der Waals surface area contributed by atoms with Gasteiger partial charge in [0.15, 0.2) is 0 Å². The van der Waals surface area contributed by atoms with E-state index >= 15 is 0 Å². The van der Waals surface area contributed by atoms with Crippen LogP contribution < -0.4 is 0 Å². The van der Waals surface area contributed by atoms with Gasteiger partial charge in [0.2, 0.25) is 0 Å². The van der Waals surface area contributed by atoms with Gasteiger partial charge in [-0.15, -0.1) is 0 Å². The van der Waals surface area contributed by atoms with Gasteiger partial charge in [-0.05, 0) is 25.7 Å².